The van der Waals surface area contributed by atoms with E-state index in [1.807, 2.05) is 53.1 Å². The first-order chi connectivity index (χ1) is 15.0. The summed E-state index contributed by atoms with van der Waals surface area (Å²) in [6.45, 7) is 6.76. The minimum atomic E-state index is 0.00607. The molecule has 158 valence electrons. The van der Waals surface area contributed by atoms with Crippen molar-refractivity contribution in [1.82, 2.24) is 19.5 Å². The summed E-state index contributed by atoms with van der Waals surface area (Å²) in [5.74, 6) is 2.02. The highest BCUT2D eigenvalue weighted by molar-refractivity contribution is 5.95. The van der Waals surface area contributed by atoms with Crippen LogP contribution < -0.4 is 10.1 Å². The van der Waals surface area contributed by atoms with Gasteiger partial charge in [0.1, 0.15) is 17.9 Å². The van der Waals surface area contributed by atoms with E-state index in [0.29, 0.717) is 35.9 Å². The molecule has 4 aromatic rings. The van der Waals surface area contributed by atoms with Crippen LogP contribution in [-0.2, 0) is 0 Å². The lowest BCUT2D eigenvalue weighted by Crippen LogP contribution is -2.13. The molecular weight excluding hydrogens is 390 g/mol. The number of ketones is 1. The molecule has 7 heteroatoms. The number of rotatable bonds is 8. The number of carbonyl (C=O) groups is 1. The van der Waals surface area contributed by atoms with E-state index >= 15 is 0 Å². The number of hydrogen-bond donors (Lipinski definition) is 1. The Balaban J connectivity index is 1.65. The quantitative estimate of drug-likeness (QED) is 0.330. The van der Waals surface area contributed by atoms with Gasteiger partial charge in [0.25, 0.3) is 0 Å². The topological polar surface area (TPSA) is 81.9 Å². The Morgan fingerprint density at radius 1 is 1.10 bits per heavy atom. The van der Waals surface area contributed by atoms with Crippen molar-refractivity contribution >= 4 is 22.8 Å². The van der Waals surface area contributed by atoms with Crippen LogP contribution in [0.3, 0.4) is 0 Å². The molecule has 0 saturated carbocycles. The zero-order chi connectivity index (χ0) is 21.8. The largest absolute Gasteiger partial charge is 0.492 e. The second-order valence-corrected chi connectivity index (χ2v) is 7.54. The van der Waals surface area contributed by atoms with E-state index in [2.05, 4.69) is 24.1 Å². The monoisotopic (exact) mass is 415 g/mol. The lowest BCUT2D eigenvalue weighted by atomic mass is 10.1. The Kier molecular flexibility index (Phi) is 5.93. The number of benzene rings is 2. The lowest BCUT2D eigenvalue weighted by Gasteiger charge is -2.12. The van der Waals surface area contributed by atoms with Gasteiger partial charge in [-0.05, 0) is 39.0 Å². The van der Waals surface area contributed by atoms with Crippen LogP contribution in [0.5, 0.6) is 5.75 Å². The summed E-state index contributed by atoms with van der Waals surface area (Å²) >= 11 is 0. The van der Waals surface area contributed by atoms with Crippen molar-refractivity contribution in [3.05, 3.63) is 66.5 Å². The molecule has 0 atom stereocenters. The van der Waals surface area contributed by atoms with E-state index in [1.54, 1.807) is 19.3 Å². The van der Waals surface area contributed by atoms with Crippen molar-refractivity contribution < 1.29 is 9.53 Å². The van der Waals surface area contributed by atoms with Crippen molar-refractivity contribution in [2.45, 2.75) is 26.8 Å². The molecule has 4 rings (SSSR count). The van der Waals surface area contributed by atoms with Crippen LogP contribution in [0, 0.1) is 0 Å². The molecule has 2 aromatic heterocycles. The summed E-state index contributed by atoms with van der Waals surface area (Å²) < 4.78 is 7.79. The van der Waals surface area contributed by atoms with Crippen LogP contribution in [0.1, 0.15) is 37.2 Å². The molecule has 0 bridgehead atoms. The number of para-hydroxylation sites is 1. The second kappa shape index (κ2) is 8.95. The van der Waals surface area contributed by atoms with Gasteiger partial charge in [0.05, 0.1) is 12.9 Å². The number of imidazole rings is 1. The predicted octanol–water partition coefficient (Wildman–Crippen LogP) is 4.77. The Hall–Kier alpha value is -3.74. The van der Waals surface area contributed by atoms with Gasteiger partial charge in [-0.15, -0.1) is 0 Å². The molecule has 0 spiro atoms. The molecule has 0 aliphatic rings. The molecule has 7 nitrogen and oxygen atoms in total. The third-order valence-electron chi connectivity index (χ3n) is 4.91. The molecule has 0 radical (unpaired) electrons. The summed E-state index contributed by atoms with van der Waals surface area (Å²) in [5.41, 5.74) is 2.87. The third-order valence-corrected chi connectivity index (χ3v) is 4.91. The Bertz CT molecular complexity index is 1200. The minimum Gasteiger partial charge on any atom is -0.492 e. The first-order valence-corrected chi connectivity index (χ1v) is 10.3. The minimum absolute atomic E-state index is 0.00607. The molecule has 0 aliphatic carbocycles. The standard InChI is InChI=1S/C24H25N5O2/c1-16(2)29-15-26-21-23(25-12-13-31-20-10-5-4-6-11-20)27-22(28-24(21)29)19-9-7-8-18(14-19)17(3)30/h4-11,14-16H,12-13H2,1-3H3,(H,25,27,28). The number of ether oxygens (including phenoxy) is 1. The molecule has 2 heterocycles. The van der Waals surface area contributed by atoms with E-state index in [9.17, 15) is 4.79 Å². The van der Waals surface area contributed by atoms with Gasteiger partial charge in [0.15, 0.2) is 23.1 Å². The van der Waals surface area contributed by atoms with Crippen LogP contribution in [0.25, 0.3) is 22.6 Å². The van der Waals surface area contributed by atoms with E-state index in [4.69, 9.17) is 14.7 Å². The first kappa shape index (κ1) is 20.5. The van der Waals surface area contributed by atoms with Crippen LogP contribution in [0.15, 0.2) is 60.9 Å². The smallest absolute Gasteiger partial charge is 0.166 e. The summed E-state index contributed by atoms with van der Waals surface area (Å²) in [6, 6.07) is 17.3. The van der Waals surface area contributed by atoms with Gasteiger partial charge in [-0.3, -0.25) is 4.79 Å². The molecule has 0 saturated heterocycles. The Morgan fingerprint density at radius 3 is 2.65 bits per heavy atom. The number of anilines is 1. The highest BCUT2D eigenvalue weighted by Crippen LogP contribution is 2.26. The Labute approximate surface area is 181 Å². The number of Topliss-reactive ketones (excluding diaryl/α,β-unsaturated/α-hetero) is 1. The number of fused-ring (bicyclic) bond motifs is 1. The average molecular weight is 415 g/mol. The van der Waals surface area contributed by atoms with Gasteiger partial charge >= 0.3 is 0 Å². The number of hydrogen-bond acceptors (Lipinski definition) is 6. The fraction of sp³-hybridized carbons (Fsp3) is 0.250. The van der Waals surface area contributed by atoms with Crippen molar-refractivity contribution in [3.8, 4) is 17.1 Å². The molecule has 0 unspecified atom stereocenters. The van der Waals surface area contributed by atoms with Gasteiger partial charge in [0.2, 0.25) is 0 Å². The van der Waals surface area contributed by atoms with E-state index in [1.165, 1.54) is 0 Å². The van der Waals surface area contributed by atoms with Crippen molar-refractivity contribution in [2.75, 3.05) is 18.5 Å². The molecular formula is C24H25N5O2. The molecule has 0 amide bonds. The second-order valence-electron chi connectivity index (χ2n) is 7.54. The fourth-order valence-corrected chi connectivity index (χ4v) is 3.28. The maximum absolute atomic E-state index is 11.8. The van der Waals surface area contributed by atoms with Crippen molar-refractivity contribution in [3.63, 3.8) is 0 Å². The maximum Gasteiger partial charge on any atom is 0.166 e. The number of nitrogens with zero attached hydrogens (tertiary/aromatic N) is 4. The zero-order valence-electron chi connectivity index (χ0n) is 17.9. The molecule has 31 heavy (non-hydrogen) atoms. The summed E-state index contributed by atoms with van der Waals surface area (Å²) in [5, 5.41) is 3.34. The maximum atomic E-state index is 11.8. The van der Waals surface area contributed by atoms with Crippen LogP contribution in [-0.4, -0.2) is 38.5 Å². The number of carbonyl (C=O) groups excluding carboxylic acids is 1. The third kappa shape index (κ3) is 4.55. The fourth-order valence-electron chi connectivity index (χ4n) is 3.28. The molecule has 2 aromatic carbocycles. The predicted molar refractivity (Wildman–Crippen MR) is 122 cm³/mol. The molecule has 1 N–H and O–H groups in total. The van der Waals surface area contributed by atoms with Crippen molar-refractivity contribution in [2.24, 2.45) is 0 Å². The zero-order valence-corrected chi connectivity index (χ0v) is 17.9. The van der Waals surface area contributed by atoms with E-state index < -0.39 is 0 Å². The SMILES string of the molecule is CC(=O)c1cccc(-c2nc(NCCOc3ccccc3)c3ncn(C(C)C)c3n2)c1. The number of aromatic nitrogens is 4. The molecule has 0 aliphatic heterocycles. The normalized spacial score (nSPS) is 11.1. The average Bonchev–Trinajstić information content (AvgIpc) is 3.22. The van der Waals surface area contributed by atoms with Gasteiger partial charge < -0.3 is 14.6 Å². The molecule has 0 fully saturated rings. The first-order valence-electron chi connectivity index (χ1n) is 10.3. The number of nitrogens with one attached hydrogen (secondary N) is 1. The summed E-state index contributed by atoms with van der Waals surface area (Å²) in [6.07, 6.45) is 1.78. The van der Waals surface area contributed by atoms with E-state index in [0.717, 1.165) is 17.0 Å². The van der Waals surface area contributed by atoms with Gasteiger partial charge in [0, 0.05) is 17.2 Å². The van der Waals surface area contributed by atoms with Crippen LogP contribution in [0.2, 0.25) is 0 Å². The summed E-state index contributed by atoms with van der Waals surface area (Å²) in [7, 11) is 0. The van der Waals surface area contributed by atoms with Gasteiger partial charge in [-0.2, -0.15) is 0 Å². The van der Waals surface area contributed by atoms with Gasteiger partial charge in [-0.25, -0.2) is 15.0 Å². The highest BCUT2D eigenvalue weighted by atomic mass is 16.5. The lowest BCUT2D eigenvalue weighted by molar-refractivity contribution is 0.101. The summed E-state index contributed by atoms with van der Waals surface area (Å²) in [4.78, 5) is 25.9. The van der Waals surface area contributed by atoms with Crippen LogP contribution in [0.4, 0.5) is 5.82 Å². The highest BCUT2D eigenvalue weighted by Gasteiger charge is 2.16. The van der Waals surface area contributed by atoms with Crippen molar-refractivity contribution in [1.29, 1.82) is 0 Å². The van der Waals surface area contributed by atoms with E-state index in [-0.39, 0.29) is 11.8 Å². The Morgan fingerprint density at radius 2 is 1.90 bits per heavy atom. The van der Waals surface area contributed by atoms with Gasteiger partial charge in [-0.1, -0.05) is 36.4 Å². The van der Waals surface area contributed by atoms with Crippen LogP contribution >= 0.6 is 0 Å².